The van der Waals surface area contributed by atoms with Gasteiger partial charge in [-0.05, 0) is 12.8 Å². The van der Waals surface area contributed by atoms with Gasteiger partial charge in [-0.25, -0.2) is 0 Å². The molecule has 8 nitrogen and oxygen atoms in total. The molecular formula is C18H33N5O3. The van der Waals surface area contributed by atoms with Crippen LogP contribution in [0.2, 0.25) is 0 Å². The van der Waals surface area contributed by atoms with Gasteiger partial charge in [-0.1, -0.05) is 13.8 Å². The van der Waals surface area contributed by atoms with E-state index in [4.69, 9.17) is 4.74 Å². The van der Waals surface area contributed by atoms with Crippen molar-refractivity contribution in [1.82, 2.24) is 20.4 Å². The minimum Gasteiger partial charge on any atom is -0.378 e. The normalized spacial score (nSPS) is 19.6. The van der Waals surface area contributed by atoms with Crippen LogP contribution in [0.4, 0.5) is 0 Å². The smallest absolute Gasteiger partial charge is 0.225 e. The van der Waals surface area contributed by atoms with Gasteiger partial charge in [0, 0.05) is 58.2 Å². The molecule has 0 aliphatic carbocycles. The van der Waals surface area contributed by atoms with Crippen LogP contribution in [-0.4, -0.2) is 87.1 Å². The molecule has 2 fully saturated rings. The molecule has 2 heterocycles. The molecule has 0 atom stereocenters. The van der Waals surface area contributed by atoms with Crippen LogP contribution in [0.1, 0.15) is 26.7 Å². The average molecular weight is 367 g/mol. The molecule has 2 rings (SSSR count). The third-order valence-corrected chi connectivity index (χ3v) is 4.91. The second-order valence-electron chi connectivity index (χ2n) is 7.12. The van der Waals surface area contributed by atoms with Crippen LogP contribution in [0, 0.1) is 11.8 Å². The molecule has 2 amide bonds. The lowest BCUT2D eigenvalue weighted by molar-refractivity contribution is -0.140. The molecule has 2 aliphatic rings. The highest BCUT2D eigenvalue weighted by atomic mass is 16.5. The largest absolute Gasteiger partial charge is 0.378 e. The number of carbonyl (C=O) groups is 2. The van der Waals surface area contributed by atoms with E-state index in [0.29, 0.717) is 39.4 Å². The molecule has 0 saturated carbocycles. The second kappa shape index (κ2) is 10.4. The molecule has 26 heavy (non-hydrogen) atoms. The van der Waals surface area contributed by atoms with E-state index in [2.05, 4.69) is 20.5 Å². The van der Waals surface area contributed by atoms with E-state index in [1.165, 1.54) is 0 Å². The predicted octanol–water partition coefficient (Wildman–Crippen LogP) is -0.0952. The molecule has 0 bridgehead atoms. The molecule has 0 aromatic carbocycles. The van der Waals surface area contributed by atoms with Crippen molar-refractivity contribution < 1.29 is 14.3 Å². The summed E-state index contributed by atoms with van der Waals surface area (Å²) in [5.74, 6) is 1.27. The van der Waals surface area contributed by atoms with Crippen LogP contribution >= 0.6 is 0 Å². The molecular weight excluding hydrogens is 334 g/mol. The Labute approximate surface area is 156 Å². The lowest BCUT2D eigenvalue weighted by Gasteiger charge is -2.36. The Morgan fingerprint density at radius 1 is 1.04 bits per heavy atom. The Hall–Kier alpha value is -1.83. The highest BCUT2D eigenvalue weighted by Crippen LogP contribution is 2.20. The first-order chi connectivity index (χ1) is 12.5. The first kappa shape index (κ1) is 20.5. The number of likely N-dealkylation sites (tertiary alicyclic amines) is 1. The van der Waals surface area contributed by atoms with E-state index >= 15 is 0 Å². The Balaban J connectivity index is 1.71. The minimum absolute atomic E-state index is 0.00246. The van der Waals surface area contributed by atoms with Crippen molar-refractivity contribution in [2.45, 2.75) is 26.7 Å². The van der Waals surface area contributed by atoms with Gasteiger partial charge in [0.25, 0.3) is 0 Å². The number of carbonyl (C=O) groups excluding carboxylic acids is 2. The van der Waals surface area contributed by atoms with E-state index in [1.54, 1.807) is 7.05 Å². The van der Waals surface area contributed by atoms with Crippen molar-refractivity contribution in [3.63, 3.8) is 0 Å². The van der Waals surface area contributed by atoms with Crippen LogP contribution in [0.15, 0.2) is 4.99 Å². The van der Waals surface area contributed by atoms with Gasteiger partial charge < -0.3 is 25.2 Å². The lowest BCUT2D eigenvalue weighted by Crippen LogP contribution is -2.50. The van der Waals surface area contributed by atoms with Crippen molar-refractivity contribution in [2.24, 2.45) is 16.8 Å². The predicted molar refractivity (Wildman–Crippen MR) is 101 cm³/mol. The first-order valence-corrected chi connectivity index (χ1v) is 9.62. The fourth-order valence-corrected chi connectivity index (χ4v) is 3.28. The molecule has 0 aromatic rings. The quantitative estimate of drug-likeness (QED) is 0.403. The van der Waals surface area contributed by atoms with Crippen molar-refractivity contribution in [2.75, 3.05) is 59.5 Å². The maximum atomic E-state index is 12.6. The number of hydrogen-bond acceptors (Lipinski definition) is 4. The number of rotatable bonds is 5. The number of aliphatic imine (C=N–C) groups is 1. The SMILES string of the molecule is CN=C(NCCNC(=O)C(C)C)N1CCC(C(=O)N2CCOCC2)CC1. The fourth-order valence-electron chi connectivity index (χ4n) is 3.28. The van der Waals surface area contributed by atoms with Crippen LogP contribution in [0.5, 0.6) is 0 Å². The van der Waals surface area contributed by atoms with Gasteiger partial charge in [0.05, 0.1) is 13.2 Å². The maximum absolute atomic E-state index is 12.6. The maximum Gasteiger partial charge on any atom is 0.225 e. The Morgan fingerprint density at radius 3 is 2.23 bits per heavy atom. The van der Waals surface area contributed by atoms with Gasteiger partial charge in [-0.15, -0.1) is 0 Å². The molecule has 0 radical (unpaired) electrons. The van der Waals surface area contributed by atoms with Crippen LogP contribution in [0.25, 0.3) is 0 Å². The van der Waals surface area contributed by atoms with Crippen molar-refractivity contribution in [1.29, 1.82) is 0 Å². The van der Waals surface area contributed by atoms with Crippen molar-refractivity contribution >= 4 is 17.8 Å². The molecule has 0 aromatic heterocycles. The van der Waals surface area contributed by atoms with Gasteiger partial charge in [0.15, 0.2) is 5.96 Å². The standard InChI is InChI=1S/C18H33N5O3/c1-14(2)16(24)20-6-7-21-18(19-3)23-8-4-15(5-9-23)17(25)22-10-12-26-13-11-22/h14-15H,4-13H2,1-3H3,(H,19,21)(H,20,24). The van der Waals surface area contributed by atoms with E-state index in [9.17, 15) is 9.59 Å². The molecule has 2 N–H and O–H groups in total. The van der Waals surface area contributed by atoms with Gasteiger partial charge in [0.2, 0.25) is 11.8 Å². The summed E-state index contributed by atoms with van der Waals surface area (Å²) < 4.78 is 5.32. The summed E-state index contributed by atoms with van der Waals surface area (Å²) in [4.78, 5) is 32.6. The average Bonchev–Trinajstić information content (AvgIpc) is 2.68. The molecule has 2 saturated heterocycles. The van der Waals surface area contributed by atoms with Crippen molar-refractivity contribution in [3.05, 3.63) is 0 Å². The number of ether oxygens (including phenoxy) is 1. The van der Waals surface area contributed by atoms with E-state index in [1.807, 2.05) is 18.7 Å². The molecule has 8 heteroatoms. The Morgan fingerprint density at radius 2 is 1.65 bits per heavy atom. The summed E-state index contributed by atoms with van der Waals surface area (Å²) in [6.45, 7) is 9.32. The monoisotopic (exact) mass is 367 g/mol. The number of nitrogens with one attached hydrogen (secondary N) is 2. The fraction of sp³-hybridized carbons (Fsp3) is 0.833. The van der Waals surface area contributed by atoms with Crippen LogP contribution in [-0.2, 0) is 14.3 Å². The summed E-state index contributed by atoms with van der Waals surface area (Å²) in [6, 6.07) is 0. The van der Waals surface area contributed by atoms with E-state index < -0.39 is 0 Å². The molecule has 2 aliphatic heterocycles. The zero-order chi connectivity index (χ0) is 18.9. The first-order valence-electron chi connectivity index (χ1n) is 9.62. The molecule has 148 valence electrons. The number of hydrogen-bond donors (Lipinski definition) is 2. The van der Waals surface area contributed by atoms with Gasteiger partial charge in [0.1, 0.15) is 0 Å². The van der Waals surface area contributed by atoms with Crippen LogP contribution in [0.3, 0.4) is 0 Å². The Kier molecular flexibility index (Phi) is 8.15. The topological polar surface area (TPSA) is 86.3 Å². The van der Waals surface area contributed by atoms with Gasteiger partial charge in [-0.3, -0.25) is 14.6 Å². The number of amides is 2. The minimum atomic E-state index is -0.00246. The molecule has 0 spiro atoms. The van der Waals surface area contributed by atoms with E-state index in [0.717, 1.165) is 31.9 Å². The van der Waals surface area contributed by atoms with Gasteiger partial charge in [-0.2, -0.15) is 0 Å². The van der Waals surface area contributed by atoms with Gasteiger partial charge >= 0.3 is 0 Å². The third-order valence-electron chi connectivity index (χ3n) is 4.91. The summed E-state index contributed by atoms with van der Waals surface area (Å²) in [5, 5.41) is 6.18. The Bertz CT molecular complexity index is 495. The highest BCUT2D eigenvalue weighted by Gasteiger charge is 2.30. The zero-order valence-electron chi connectivity index (χ0n) is 16.3. The lowest BCUT2D eigenvalue weighted by atomic mass is 9.95. The number of nitrogens with zero attached hydrogens (tertiary/aromatic N) is 3. The summed E-state index contributed by atoms with van der Waals surface area (Å²) in [5.41, 5.74) is 0. The van der Waals surface area contributed by atoms with Crippen molar-refractivity contribution in [3.8, 4) is 0 Å². The highest BCUT2D eigenvalue weighted by molar-refractivity contribution is 5.82. The molecule has 0 unspecified atom stereocenters. The number of guanidine groups is 1. The summed E-state index contributed by atoms with van der Waals surface area (Å²) >= 11 is 0. The number of morpholine rings is 1. The zero-order valence-corrected chi connectivity index (χ0v) is 16.3. The summed E-state index contributed by atoms with van der Waals surface area (Å²) in [7, 11) is 1.76. The third kappa shape index (κ3) is 5.86. The van der Waals surface area contributed by atoms with Crippen LogP contribution < -0.4 is 10.6 Å². The summed E-state index contributed by atoms with van der Waals surface area (Å²) in [6.07, 6.45) is 1.70. The second-order valence-corrected chi connectivity index (χ2v) is 7.12. The van der Waals surface area contributed by atoms with E-state index in [-0.39, 0.29) is 23.7 Å². The number of piperidine rings is 1.